The molecule has 50 valence electrons. The molecule has 0 aromatic rings. The molecule has 0 nitrogen and oxygen atoms in total. The van der Waals surface area contributed by atoms with Crippen LogP contribution >= 0.6 is 0 Å². The Bertz CT molecular complexity index is 76.6. The average molecular weight is 120 g/mol. The summed E-state index contributed by atoms with van der Waals surface area (Å²) < 4.78 is 0.550. The molecule has 0 aliphatic heterocycles. The van der Waals surface area contributed by atoms with E-state index in [4.69, 9.17) is 0 Å². The molecule has 0 aliphatic carbocycles. The summed E-state index contributed by atoms with van der Waals surface area (Å²) >= 11 is 2.35. The zero-order chi connectivity index (χ0) is 7.49. The summed E-state index contributed by atoms with van der Waals surface area (Å²) in [6.45, 7) is 9.22. The van der Waals surface area contributed by atoms with E-state index < -0.39 is 0 Å². The fraction of sp³-hybridized carbons (Fsp3) is 1.00. The number of hydrogen-bond acceptors (Lipinski definition) is 0. The molecule has 0 N–H and O–H groups in total. The van der Waals surface area contributed by atoms with Gasteiger partial charge in [0, 0.05) is 0 Å². The van der Waals surface area contributed by atoms with Crippen LogP contribution in [0.1, 0.15) is 40.5 Å². The van der Waals surface area contributed by atoms with Crippen LogP contribution in [0.3, 0.4) is 0 Å². The molecule has 0 heterocycles. The normalized spacial score (nSPS) is 21.1. The third-order valence-electron chi connectivity index (χ3n) is 2.86. The molecule has 0 saturated carbocycles. The van der Waals surface area contributed by atoms with Gasteiger partial charge in [0.1, 0.15) is 0 Å². The Hall–Kier alpha value is 0.597. The molecule has 1 heteroatoms. The van der Waals surface area contributed by atoms with Crippen LogP contribution in [0.15, 0.2) is 0 Å². The zero-order valence-electron chi connectivity index (χ0n) is 7.49. The first-order valence-corrected chi connectivity index (χ1v) is 4.04. The van der Waals surface area contributed by atoms with Crippen LogP contribution in [0, 0.1) is 5.92 Å². The fourth-order valence-corrected chi connectivity index (χ4v) is 0.901. The topological polar surface area (TPSA) is 0 Å². The van der Waals surface area contributed by atoms with Gasteiger partial charge in [0.25, 0.3) is 0 Å². The summed E-state index contributed by atoms with van der Waals surface area (Å²) in [4.78, 5) is 0. The SMILES string of the molecule is [Li][C](C)(CC)C(C)CC. The summed E-state index contributed by atoms with van der Waals surface area (Å²) in [5, 5.41) is 0. The molecular formula is C8H17Li. The monoisotopic (exact) mass is 120 g/mol. The summed E-state index contributed by atoms with van der Waals surface area (Å²) in [6.07, 6.45) is 2.60. The first-order chi connectivity index (χ1) is 4.04. The second-order valence-corrected chi connectivity index (χ2v) is 3.65. The van der Waals surface area contributed by atoms with Crippen molar-refractivity contribution in [3.8, 4) is 0 Å². The fourth-order valence-electron chi connectivity index (χ4n) is 0.901. The maximum absolute atomic E-state index is 2.35. The Morgan fingerprint density at radius 1 is 1.44 bits per heavy atom. The van der Waals surface area contributed by atoms with E-state index in [2.05, 4.69) is 45.4 Å². The van der Waals surface area contributed by atoms with E-state index in [0.29, 0.717) is 4.09 Å². The van der Waals surface area contributed by atoms with Gasteiger partial charge in [-0.2, -0.15) is 0 Å². The summed E-state index contributed by atoms with van der Waals surface area (Å²) in [7, 11) is 0. The molecule has 0 rings (SSSR count). The second kappa shape index (κ2) is 3.69. The molecule has 9 heavy (non-hydrogen) atoms. The molecule has 0 amide bonds. The van der Waals surface area contributed by atoms with Crippen LogP contribution < -0.4 is 0 Å². The van der Waals surface area contributed by atoms with Gasteiger partial charge in [-0.25, -0.2) is 0 Å². The maximum atomic E-state index is 2.35. The van der Waals surface area contributed by atoms with E-state index in [-0.39, 0.29) is 0 Å². The zero-order valence-corrected chi connectivity index (χ0v) is 7.49. The van der Waals surface area contributed by atoms with Crippen molar-refractivity contribution >= 4 is 17.7 Å². The van der Waals surface area contributed by atoms with E-state index in [0.717, 1.165) is 5.92 Å². The van der Waals surface area contributed by atoms with Gasteiger partial charge in [0.2, 0.25) is 0 Å². The quantitative estimate of drug-likeness (QED) is 0.502. The van der Waals surface area contributed by atoms with Gasteiger partial charge in [0.15, 0.2) is 0 Å². The van der Waals surface area contributed by atoms with Crippen LogP contribution in [0.2, 0.25) is 4.09 Å². The molecule has 0 aromatic carbocycles. The predicted molar refractivity (Wildman–Crippen MR) is 43.9 cm³/mol. The van der Waals surface area contributed by atoms with Gasteiger partial charge >= 0.3 is 68.3 Å². The predicted octanol–water partition coefficient (Wildman–Crippen LogP) is 2.79. The molecule has 0 aromatic heterocycles. The molecule has 0 saturated heterocycles. The van der Waals surface area contributed by atoms with E-state index in [1.54, 1.807) is 0 Å². The minimum absolute atomic E-state index is 0.550. The molecule has 0 aliphatic rings. The third kappa shape index (κ3) is 2.78. The van der Waals surface area contributed by atoms with Crippen molar-refractivity contribution in [2.24, 2.45) is 5.92 Å². The molecule has 0 radical (unpaired) electrons. The van der Waals surface area contributed by atoms with Crippen molar-refractivity contribution in [1.29, 1.82) is 0 Å². The van der Waals surface area contributed by atoms with Crippen molar-refractivity contribution in [3.63, 3.8) is 0 Å². The van der Waals surface area contributed by atoms with Crippen LogP contribution in [-0.4, -0.2) is 17.7 Å². The van der Waals surface area contributed by atoms with Gasteiger partial charge < -0.3 is 0 Å². The third-order valence-corrected chi connectivity index (χ3v) is 2.86. The van der Waals surface area contributed by atoms with E-state index in [1.807, 2.05) is 0 Å². The number of rotatable bonds is 3. The Labute approximate surface area is 68.6 Å². The van der Waals surface area contributed by atoms with Crippen molar-refractivity contribution in [3.05, 3.63) is 0 Å². The van der Waals surface area contributed by atoms with Crippen molar-refractivity contribution in [2.75, 3.05) is 0 Å². The Morgan fingerprint density at radius 2 is 1.89 bits per heavy atom. The average Bonchev–Trinajstić information content (AvgIpc) is 1.86. The standard InChI is InChI=1S/C8H17.Li/c1-5-7(3)8(4)6-2;/h7H,5-6H2,1-4H3;. The molecule has 2 unspecified atom stereocenters. The molecule has 0 bridgehead atoms. The van der Waals surface area contributed by atoms with Gasteiger partial charge in [-0.15, -0.1) is 0 Å². The Kier molecular flexibility index (Phi) is 3.93. The number of hydrogen-bond donors (Lipinski definition) is 0. The van der Waals surface area contributed by atoms with Crippen molar-refractivity contribution < 1.29 is 0 Å². The Balaban J connectivity index is 3.80. The molecule has 0 fully saturated rings. The van der Waals surface area contributed by atoms with Crippen LogP contribution in [0.4, 0.5) is 0 Å². The molecular weight excluding hydrogens is 103 g/mol. The summed E-state index contributed by atoms with van der Waals surface area (Å²) in [6, 6.07) is 0. The van der Waals surface area contributed by atoms with Crippen LogP contribution in [0.5, 0.6) is 0 Å². The van der Waals surface area contributed by atoms with Gasteiger partial charge in [-0.05, 0) is 0 Å². The van der Waals surface area contributed by atoms with Gasteiger partial charge in [-0.1, -0.05) is 0 Å². The molecule has 0 spiro atoms. The van der Waals surface area contributed by atoms with Crippen LogP contribution in [0.25, 0.3) is 0 Å². The second-order valence-electron chi connectivity index (χ2n) is 3.65. The first-order valence-electron chi connectivity index (χ1n) is 4.04. The van der Waals surface area contributed by atoms with E-state index >= 15 is 0 Å². The van der Waals surface area contributed by atoms with E-state index in [1.165, 1.54) is 12.8 Å². The van der Waals surface area contributed by atoms with Crippen LogP contribution in [-0.2, 0) is 0 Å². The Morgan fingerprint density at radius 3 is 2.00 bits per heavy atom. The van der Waals surface area contributed by atoms with Gasteiger partial charge in [-0.3, -0.25) is 0 Å². The van der Waals surface area contributed by atoms with E-state index in [9.17, 15) is 0 Å². The summed E-state index contributed by atoms with van der Waals surface area (Å²) in [5.41, 5.74) is 0. The first kappa shape index (κ1) is 9.60. The van der Waals surface area contributed by atoms with Crippen molar-refractivity contribution in [1.82, 2.24) is 0 Å². The van der Waals surface area contributed by atoms with Crippen molar-refractivity contribution in [2.45, 2.75) is 44.6 Å². The summed E-state index contributed by atoms with van der Waals surface area (Å²) in [5.74, 6) is 0.863. The molecule has 2 atom stereocenters. The minimum atomic E-state index is 0.550. The van der Waals surface area contributed by atoms with Gasteiger partial charge in [0.05, 0.1) is 0 Å².